The summed E-state index contributed by atoms with van der Waals surface area (Å²) < 4.78 is 5.89. The van der Waals surface area contributed by atoms with Crippen LogP contribution in [0.3, 0.4) is 0 Å². The summed E-state index contributed by atoms with van der Waals surface area (Å²) in [5, 5.41) is 3.04. The molecule has 1 aromatic carbocycles. The number of allylic oxidation sites excluding steroid dienone is 3. The molecule has 2 rings (SSSR count). The SMILES string of the molecule is C=C(C[C@@H]1C=CC[C@@H](C)C(=C)C1)C[C@H](OCCC)C(=O)NCc1ccc(CC)cc1. The van der Waals surface area contributed by atoms with Crippen molar-refractivity contribution in [3.63, 3.8) is 0 Å². The summed E-state index contributed by atoms with van der Waals surface area (Å²) in [7, 11) is 0. The molecular formula is C27H39NO2. The third-order valence-electron chi connectivity index (χ3n) is 5.86. The quantitative estimate of drug-likeness (QED) is 0.445. The van der Waals surface area contributed by atoms with Crippen molar-refractivity contribution in [3.05, 3.63) is 71.8 Å². The fourth-order valence-corrected chi connectivity index (χ4v) is 3.79. The fraction of sp³-hybridized carbons (Fsp3) is 0.519. The Bertz CT molecular complexity index is 732. The lowest BCUT2D eigenvalue weighted by Crippen LogP contribution is -2.36. The monoisotopic (exact) mass is 409 g/mol. The van der Waals surface area contributed by atoms with Crippen LogP contribution in [0.1, 0.15) is 64.0 Å². The first-order chi connectivity index (χ1) is 14.4. The van der Waals surface area contributed by atoms with Crippen LogP contribution >= 0.6 is 0 Å². The molecule has 1 aliphatic rings. The molecule has 1 N–H and O–H groups in total. The zero-order valence-corrected chi connectivity index (χ0v) is 19.1. The average Bonchev–Trinajstić information content (AvgIpc) is 2.89. The van der Waals surface area contributed by atoms with Crippen LogP contribution in [0, 0.1) is 11.8 Å². The Morgan fingerprint density at radius 3 is 2.60 bits per heavy atom. The molecule has 0 unspecified atom stereocenters. The van der Waals surface area contributed by atoms with E-state index in [9.17, 15) is 4.79 Å². The number of hydrogen-bond donors (Lipinski definition) is 1. The van der Waals surface area contributed by atoms with Crippen molar-refractivity contribution < 1.29 is 9.53 Å². The Labute approximate surface area is 183 Å². The third kappa shape index (κ3) is 7.95. The van der Waals surface area contributed by atoms with Gasteiger partial charge < -0.3 is 10.1 Å². The summed E-state index contributed by atoms with van der Waals surface area (Å²) in [6.07, 6.45) is 9.48. The maximum absolute atomic E-state index is 12.8. The molecule has 0 bridgehead atoms. The van der Waals surface area contributed by atoms with E-state index in [1.165, 1.54) is 11.1 Å². The summed E-state index contributed by atoms with van der Waals surface area (Å²) in [6.45, 7) is 16.0. The van der Waals surface area contributed by atoms with Gasteiger partial charge in [0.25, 0.3) is 0 Å². The van der Waals surface area contributed by atoms with Crippen molar-refractivity contribution in [1.29, 1.82) is 0 Å². The number of carbonyl (C=O) groups is 1. The Balaban J connectivity index is 1.90. The van der Waals surface area contributed by atoms with Crippen LogP contribution in [0.25, 0.3) is 0 Å². The molecule has 0 radical (unpaired) electrons. The van der Waals surface area contributed by atoms with Crippen molar-refractivity contribution in [1.82, 2.24) is 5.32 Å². The molecular weight excluding hydrogens is 370 g/mol. The largest absolute Gasteiger partial charge is 0.368 e. The molecule has 0 fully saturated rings. The molecule has 0 aromatic heterocycles. The molecule has 3 nitrogen and oxygen atoms in total. The van der Waals surface area contributed by atoms with Gasteiger partial charge in [-0.05, 0) is 55.1 Å². The van der Waals surface area contributed by atoms with E-state index in [-0.39, 0.29) is 5.91 Å². The average molecular weight is 410 g/mol. The van der Waals surface area contributed by atoms with E-state index in [1.54, 1.807) is 0 Å². The topological polar surface area (TPSA) is 38.3 Å². The number of nitrogens with one attached hydrogen (secondary N) is 1. The minimum absolute atomic E-state index is 0.0568. The van der Waals surface area contributed by atoms with E-state index >= 15 is 0 Å². The molecule has 30 heavy (non-hydrogen) atoms. The summed E-state index contributed by atoms with van der Waals surface area (Å²) >= 11 is 0. The van der Waals surface area contributed by atoms with Crippen LogP contribution in [-0.2, 0) is 22.5 Å². The first-order valence-electron chi connectivity index (χ1n) is 11.4. The van der Waals surface area contributed by atoms with Gasteiger partial charge in [0, 0.05) is 19.6 Å². The van der Waals surface area contributed by atoms with Crippen LogP contribution < -0.4 is 5.32 Å². The van der Waals surface area contributed by atoms with Crippen molar-refractivity contribution in [2.75, 3.05) is 6.61 Å². The van der Waals surface area contributed by atoms with Gasteiger partial charge in [-0.25, -0.2) is 0 Å². The summed E-state index contributed by atoms with van der Waals surface area (Å²) in [5.41, 5.74) is 4.78. The molecule has 1 aliphatic carbocycles. The van der Waals surface area contributed by atoms with Gasteiger partial charge in [0.1, 0.15) is 6.10 Å². The lowest BCUT2D eigenvalue weighted by molar-refractivity contribution is -0.133. The number of rotatable bonds is 11. The van der Waals surface area contributed by atoms with Gasteiger partial charge in [0.2, 0.25) is 5.91 Å². The molecule has 0 saturated carbocycles. The maximum atomic E-state index is 12.8. The summed E-state index contributed by atoms with van der Waals surface area (Å²) in [4.78, 5) is 12.8. The lowest BCUT2D eigenvalue weighted by Gasteiger charge is -2.21. The predicted molar refractivity (Wildman–Crippen MR) is 126 cm³/mol. The Morgan fingerprint density at radius 2 is 1.93 bits per heavy atom. The van der Waals surface area contributed by atoms with Crippen LogP contribution in [0.2, 0.25) is 0 Å². The van der Waals surface area contributed by atoms with Gasteiger partial charge >= 0.3 is 0 Å². The Hall–Kier alpha value is -2.13. The molecule has 0 heterocycles. The highest BCUT2D eigenvalue weighted by molar-refractivity contribution is 5.81. The first-order valence-corrected chi connectivity index (χ1v) is 11.4. The highest BCUT2D eigenvalue weighted by Crippen LogP contribution is 2.30. The summed E-state index contributed by atoms with van der Waals surface area (Å²) in [6, 6.07) is 8.38. The maximum Gasteiger partial charge on any atom is 0.249 e. The van der Waals surface area contributed by atoms with E-state index in [0.29, 0.717) is 31.4 Å². The number of hydrogen-bond acceptors (Lipinski definition) is 2. The van der Waals surface area contributed by atoms with E-state index < -0.39 is 6.10 Å². The van der Waals surface area contributed by atoms with E-state index in [4.69, 9.17) is 4.74 Å². The second-order valence-corrected chi connectivity index (χ2v) is 8.59. The van der Waals surface area contributed by atoms with Gasteiger partial charge in [0.15, 0.2) is 0 Å². The number of aryl methyl sites for hydroxylation is 1. The molecule has 1 amide bonds. The number of carbonyl (C=O) groups excluding carboxylic acids is 1. The lowest BCUT2D eigenvalue weighted by atomic mass is 9.89. The highest BCUT2D eigenvalue weighted by atomic mass is 16.5. The molecule has 3 heteroatoms. The fourth-order valence-electron chi connectivity index (χ4n) is 3.79. The number of benzene rings is 1. The summed E-state index contributed by atoms with van der Waals surface area (Å²) in [5.74, 6) is 0.901. The third-order valence-corrected chi connectivity index (χ3v) is 5.86. The van der Waals surface area contributed by atoms with Crippen LogP contribution in [0.5, 0.6) is 0 Å². The first kappa shape index (κ1) is 24.1. The molecule has 0 aliphatic heterocycles. The normalized spacial score (nSPS) is 19.9. The molecule has 1 aromatic rings. The van der Waals surface area contributed by atoms with Crippen molar-refractivity contribution in [2.45, 2.75) is 71.9 Å². The van der Waals surface area contributed by atoms with E-state index in [2.05, 4.69) is 75.7 Å². The van der Waals surface area contributed by atoms with E-state index in [1.807, 2.05) is 0 Å². The second-order valence-electron chi connectivity index (χ2n) is 8.59. The minimum Gasteiger partial charge on any atom is -0.368 e. The van der Waals surface area contributed by atoms with Crippen molar-refractivity contribution in [3.8, 4) is 0 Å². The van der Waals surface area contributed by atoms with Gasteiger partial charge in [-0.3, -0.25) is 4.79 Å². The minimum atomic E-state index is -0.482. The van der Waals surface area contributed by atoms with Crippen LogP contribution in [-0.4, -0.2) is 18.6 Å². The molecule has 0 saturated heterocycles. The van der Waals surface area contributed by atoms with Crippen LogP contribution in [0.4, 0.5) is 0 Å². The van der Waals surface area contributed by atoms with Gasteiger partial charge in [0.05, 0.1) is 0 Å². The molecule has 3 atom stereocenters. The van der Waals surface area contributed by atoms with Crippen molar-refractivity contribution >= 4 is 5.91 Å². The zero-order chi connectivity index (χ0) is 21.9. The predicted octanol–water partition coefficient (Wildman–Crippen LogP) is 6.16. The highest BCUT2D eigenvalue weighted by Gasteiger charge is 2.22. The zero-order valence-electron chi connectivity index (χ0n) is 19.1. The van der Waals surface area contributed by atoms with Crippen LogP contribution in [0.15, 0.2) is 60.7 Å². The molecule has 0 spiro atoms. The number of ether oxygens (including phenoxy) is 1. The van der Waals surface area contributed by atoms with Gasteiger partial charge in [-0.1, -0.05) is 81.5 Å². The Morgan fingerprint density at radius 1 is 1.23 bits per heavy atom. The van der Waals surface area contributed by atoms with Crippen molar-refractivity contribution in [2.24, 2.45) is 11.8 Å². The van der Waals surface area contributed by atoms with Gasteiger partial charge in [-0.15, -0.1) is 0 Å². The molecule has 164 valence electrons. The van der Waals surface area contributed by atoms with Gasteiger partial charge in [-0.2, -0.15) is 0 Å². The smallest absolute Gasteiger partial charge is 0.249 e. The second kappa shape index (κ2) is 12.5. The van der Waals surface area contributed by atoms with E-state index in [0.717, 1.165) is 43.2 Å². The number of amides is 1. The standard InChI is InChI=1S/C27H39NO2/c1-6-15-30-26(27(29)28-19-24-13-11-23(7-2)12-14-24)17-20(3)16-25-10-8-9-21(4)22(5)18-25/h8,10-14,21,25-26H,3,5-7,9,15-19H2,1-2,4H3,(H,28,29)/t21-,25+,26+/m1/s1. The Kier molecular flexibility index (Phi) is 10.1.